The fraction of sp³-hybridized carbons (Fsp3) is 1.00. The van der Waals surface area contributed by atoms with Gasteiger partial charge in [0.25, 0.3) is 0 Å². The van der Waals surface area contributed by atoms with Crippen molar-refractivity contribution in [3.8, 4) is 0 Å². The van der Waals surface area contributed by atoms with Crippen molar-refractivity contribution in [2.45, 2.75) is 62.5 Å². The molecule has 6 nitrogen and oxygen atoms in total. The Morgan fingerprint density at radius 2 is 1.90 bits per heavy atom. The second-order valence-corrected chi connectivity index (χ2v) is 9.45. The van der Waals surface area contributed by atoms with Crippen molar-refractivity contribution in [3.63, 3.8) is 0 Å². The van der Waals surface area contributed by atoms with Gasteiger partial charge in [-0.15, -0.1) is 0 Å². The molecular formula is C13H25NO5S. The van der Waals surface area contributed by atoms with Gasteiger partial charge in [0.2, 0.25) is 10.0 Å². The van der Waals surface area contributed by atoms with E-state index in [9.17, 15) is 13.5 Å². The van der Waals surface area contributed by atoms with Crippen molar-refractivity contribution in [2.75, 3.05) is 20.4 Å². The predicted octanol–water partition coefficient (Wildman–Crippen LogP) is 0.703. The molecule has 20 heavy (non-hydrogen) atoms. The van der Waals surface area contributed by atoms with Crippen LogP contribution in [0, 0.1) is 0 Å². The molecule has 118 valence electrons. The SMILES string of the molecule is COCOC1CN(S(=O)(=O)C(C)(C)C)C2(CC(O)C2)C1. The summed E-state index contributed by atoms with van der Waals surface area (Å²) in [5, 5.41) is 9.64. The first-order valence-corrected chi connectivity index (χ1v) is 8.37. The van der Waals surface area contributed by atoms with E-state index in [-0.39, 0.29) is 12.9 Å². The zero-order valence-electron chi connectivity index (χ0n) is 12.6. The molecule has 0 aromatic carbocycles. The maximum Gasteiger partial charge on any atom is 0.219 e. The van der Waals surface area contributed by atoms with Crippen molar-refractivity contribution in [1.29, 1.82) is 0 Å². The number of ether oxygens (including phenoxy) is 2. The Kier molecular flexibility index (Phi) is 4.21. The van der Waals surface area contributed by atoms with E-state index in [1.807, 2.05) is 0 Å². The van der Waals surface area contributed by atoms with Gasteiger partial charge in [-0.1, -0.05) is 0 Å². The van der Waals surface area contributed by atoms with Crippen molar-refractivity contribution < 1.29 is 23.0 Å². The molecule has 2 fully saturated rings. The summed E-state index contributed by atoms with van der Waals surface area (Å²) < 4.78 is 36.6. The summed E-state index contributed by atoms with van der Waals surface area (Å²) in [6.45, 7) is 5.61. The van der Waals surface area contributed by atoms with Crippen LogP contribution in [-0.2, 0) is 19.5 Å². The molecule has 1 spiro atoms. The summed E-state index contributed by atoms with van der Waals surface area (Å²) in [6, 6.07) is 0. The first kappa shape index (κ1) is 16.2. The topological polar surface area (TPSA) is 76.1 Å². The minimum atomic E-state index is -3.42. The van der Waals surface area contributed by atoms with Crippen LogP contribution in [0.2, 0.25) is 0 Å². The van der Waals surface area contributed by atoms with Gasteiger partial charge < -0.3 is 14.6 Å². The molecule has 1 aliphatic carbocycles. The van der Waals surface area contributed by atoms with Gasteiger partial charge in [0, 0.05) is 19.2 Å². The first-order valence-electron chi connectivity index (χ1n) is 6.93. The second-order valence-electron chi connectivity index (χ2n) is 6.83. The molecule has 0 aromatic rings. The van der Waals surface area contributed by atoms with E-state index in [2.05, 4.69) is 0 Å². The van der Waals surface area contributed by atoms with E-state index in [1.54, 1.807) is 32.2 Å². The highest BCUT2D eigenvalue weighted by atomic mass is 32.2. The first-order chi connectivity index (χ1) is 9.12. The minimum Gasteiger partial charge on any atom is -0.393 e. The molecule has 7 heteroatoms. The monoisotopic (exact) mass is 307 g/mol. The van der Waals surface area contributed by atoms with E-state index < -0.39 is 26.4 Å². The number of nitrogens with zero attached hydrogens (tertiary/aromatic N) is 1. The number of hydrogen-bond donors (Lipinski definition) is 1. The molecule has 0 aromatic heterocycles. The van der Waals surface area contributed by atoms with Crippen LogP contribution in [0.15, 0.2) is 0 Å². The Labute approximate surface area is 121 Å². The highest BCUT2D eigenvalue weighted by Crippen LogP contribution is 2.49. The van der Waals surface area contributed by atoms with Gasteiger partial charge in [-0.2, -0.15) is 4.31 Å². The second kappa shape index (κ2) is 5.21. The van der Waals surface area contributed by atoms with Crippen LogP contribution < -0.4 is 0 Å². The average Bonchev–Trinajstić information content (AvgIpc) is 2.64. The summed E-state index contributed by atoms with van der Waals surface area (Å²) >= 11 is 0. The fourth-order valence-corrected chi connectivity index (χ4v) is 4.87. The number of sulfonamides is 1. The van der Waals surface area contributed by atoms with Crippen molar-refractivity contribution in [3.05, 3.63) is 0 Å². The third-order valence-electron chi connectivity index (χ3n) is 4.22. The maximum atomic E-state index is 12.7. The molecule has 1 atom stereocenters. The van der Waals surface area contributed by atoms with Gasteiger partial charge >= 0.3 is 0 Å². The lowest BCUT2D eigenvalue weighted by Crippen LogP contribution is -2.60. The lowest BCUT2D eigenvalue weighted by Gasteiger charge is -2.49. The summed E-state index contributed by atoms with van der Waals surface area (Å²) in [5.74, 6) is 0. The van der Waals surface area contributed by atoms with Crippen LogP contribution >= 0.6 is 0 Å². The molecule has 0 amide bonds. The van der Waals surface area contributed by atoms with E-state index in [0.29, 0.717) is 25.8 Å². The standard InChI is InChI=1S/C13H25NO5S/c1-12(2,3)20(16,17)14-8-11(19-9-18-4)7-13(14)5-10(15)6-13/h10-11,15H,5-9H2,1-4H3. The van der Waals surface area contributed by atoms with E-state index in [4.69, 9.17) is 9.47 Å². The van der Waals surface area contributed by atoms with Crippen molar-refractivity contribution in [1.82, 2.24) is 4.31 Å². The lowest BCUT2D eigenvalue weighted by atomic mass is 9.73. The quantitative estimate of drug-likeness (QED) is 0.774. The number of methoxy groups -OCH3 is 1. The van der Waals surface area contributed by atoms with Gasteiger partial charge in [-0.05, 0) is 40.0 Å². The molecule has 0 radical (unpaired) electrons. The summed E-state index contributed by atoms with van der Waals surface area (Å²) in [7, 11) is -1.88. The van der Waals surface area contributed by atoms with Crippen LogP contribution in [0.3, 0.4) is 0 Å². The van der Waals surface area contributed by atoms with E-state index in [0.717, 1.165) is 0 Å². The van der Waals surface area contributed by atoms with Crippen molar-refractivity contribution in [2.24, 2.45) is 0 Å². The van der Waals surface area contributed by atoms with Gasteiger partial charge in [0.1, 0.15) is 6.79 Å². The van der Waals surface area contributed by atoms with Crippen LogP contribution in [0.4, 0.5) is 0 Å². The largest absolute Gasteiger partial charge is 0.393 e. The third kappa shape index (κ3) is 2.62. The smallest absolute Gasteiger partial charge is 0.219 e. The van der Waals surface area contributed by atoms with E-state index >= 15 is 0 Å². The van der Waals surface area contributed by atoms with Gasteiger partial charge in [0.05, 0.1) is 17.0 Å². The van der Waals surface area contributed by atoms with Crippen LogP contribution in [0.1, 0.15) is 40.0 Å². The molecule has 1 saturated heterocycles. The lowest BCUT2D eigenvalue weighted by molar-refractivity contribution is -0.0716. The van der Waals surface area contributed by atoms with Gasteiger partial charge in [0.15, 0.2) is 0 Å². The Bertz CT molecular complexity index is 450. The average molecular weight is 307 g/mol. The normalized spacial score (nSPS) is 35.5. The predicted molar refractivity (Wildman–Crippen MR) is 74.7 cm³/mol. The molecule has 2 rings (SSSR count). The fourth-order valence-electron chi connectivity index (χ4n) is 3.12. The Hall–Kier alpha value is -0.210. The molecule has 1 saturated carbocycles. The third-order valence-corrected chi connectivity index (χ3v) is 6.89. The molecule has 1 N–H and O–H groups in total. The number of aliphatic hydroxyl groups excluding tert-OH is 1. The van der Waals surface area contributed by atoms with E-state index in [1.165, 1.54) is 0 Å². The zero-order chi connectivity index (χ0) is 15.2. The Balaban J connectivity index is 2.22. The zero-order valence-corrected chi connectivity index (χ0v) is 13.4. The Morgan fingerprint density at radius 3 is 2.35 bits per heavy atom. The summed E-state index contributed by atoms with van der Waals surface area (Å²) in [4.78, 5) is 0. The number of rotatable bonds is 4. The Morgan fingerprint density at radius 1 is 1.30 bits per heavy atom. The molecular weight excluding hydrogens is 282 g/mol. The number of aliphatic hydroxyl groups is 1. The molecule has 1 unspecified atom stereocenters. The number of hydrogen-bond acceptors (Lipinski definition) is 5. The summed E-state index contributed by atoms with van der Waals surface area (Å²) in [6.07, 6.45) is 1.04. The van der Waals surface area contributed by atoms with Crippen LogP contribution in [0.5, 0.6) is 0 Å². The highest BCUT2D eigenvalue weighted by molar-refractivity contribution is 7.90. The van der Waals surface area contributed by atoms with Crippen LogP contribution in [0.25, 0.3) is 0 Å². The van der Waals surface area contributed by atoms with Gasteiger partial charge in [-0.25, -0.2) is 8.42 Å². The molecule has 0 bridgehead atoms. The highest BCUT2D eigenvalue weighted by Gasteiger charge is 2.59. The maximum absolute atomic E-state index is 12.7. The molecule has 1 aliphatic heterocycles. The molecule has 2 aliphatic rings. The van der Waals surface area contributed by atoms with Crippen LogP contribution in [-0.4, -0.2) is 60.8 Å². The summed E-state index contributed by atoms with van der Waals surface area (Å²) in [5.41, 5.74) is -0.468. The molecule has 1 heterocycles. The van der Waals surface area contributed by atoms with Crippen molar-refractivity contribution >= 4 is 10.0 Å². The minimum absolute atomic E-state index is 0.159. The van der Waals surface area contributed by atoms with Gasteiger partial charge in [-0.3, -0.25) is 0 Å².